The van der Waals surface area contributed by atoms with Crippen LogP contribution in [0.15, 0.2) is 78.3 Å². The van der Waals surface area contributed by atoms with Crippen LogP contribution in [0.25, 0.3) is 27.8 Å². The molecule has 35 heavy (non-hydrogen) atoms. The van der Waals surface area contributed by atoms with Crippen LogP contribution in [-0.4, -0.2) is 25.1 Å². The molecule has 0 aliphatic rings. The molecule has 2 aromatic heterocycles. The van der Waals surface area contributed by atoms with Gasteiger partial charge in [0.15, 0.2) is 11.5 Å². The van der Waals surface area contributed by atoms with E-state index < -0.39 is 0 Å². The molecular weight excluding hydrogens is 458 g/mol. The second-order valence-electron chi connectivity index (χ2n) is 7.15. The van der Waals surface area contributed by atoms with E-state index >= 15 is 0 Å². The van der Waals surface area contributed by atoms with Crippen LogP contribution in [-0.2, 0) is 4.79 Å². The molecule has 4 aromatic rings. The van der Waals surface area contributed by atoms with Crippen molar-refractivity contribution >= 4 is 34.7 Å². The number of anilines is 2. The Bertz CT molecular complexity index is 1280. The molecule has 4 rings (SSSR count). The van der Waals surface area contributed by atoms with Crippen molar-refractivity contribution in [3.05, 3.63) is 83.9 Å². The Balaban J connectivity index is 0.00000167. The molecule has 0 aliphatic heterocycles. The van der Waals surface area contributed by atoms with Gasteiger partial charge in [-0.05, 0) is 65.0 Å². The van der Waals surface area contributed by atoms with Gasteiger partial charge in [-0.25, -0.2) is 0 Å². The predicted molar refractivity (Wildman–Crippen MR) is 146 cm³/mol. The summed E-state index contributed by atoms with van der Waals surface area (Å²) in [5.74, 6) is 1.03. The first-order chi connectivity index (χ1) is 17.1. The smallest absolute Gasteiger partial charge is 0.248 e. The standard InChI is InChI=1S/C26H23N3O3S.C2H6/c1-31-23-11-8-18(15-24(23)32-2)21-10-5-17(16-28-21)6-12-26(30)29-22-14-19(7-9-20(22)27)25-4-3-13-33-25;1-2/h3-16H,27H2,1-2H3,(H,29,30);1-2H3/b12-6+;. The number of ether oxygens (including phenoxy) is 2. The Kier molecular flexibility index (Phi) is 9.03. The van der Waals surface area contributed by atoms with Crippen LogP contribution in [0, 0.1) is 0 Å². The summed E-state index contributed by atoms with van der Waals surface area (Å²) < 4.78 is 10.6. The number of carbonyl (C=O) groups is 1. The first kappa shape index (κ1) is 25.5. The van der Waals surface area contributed by atoms with E-state index in [0.717, 1.165) is 27.3 Å². The molecule has 2 heterocycles. The number of pyridine rings is 1. The summed E-state index contributed by atoms with van der Waals surface area (Å²) >= 11 is 1.63. The van der Waals surface area contributed by atoms with Crippen LogP contribution in [0.4, 0.5) is 11.4 Å². The van der Waals surface area contributed by atoms with E-state index in [1.165, 1.54) is 6.08 Å². The Morgan fingerprint density at radius 2 is 1.74 bits per heavy atom. The third kappa shape index (κ3) is 6.49. The summed E-state index contributed by atoms with van der Waals surface area (Å²) in [5.41, 5.74) is 10.6. The summed E-state index contributed by atoms with van der Waals surface area (Å²) in [4.78, 5) is 18.1. The van der Waals surface area contributed by atoms with E-state index in [4.69, 9.17) is 15.2 Å². The molecule has 180 valence electrons. The van der Waals surface area contributed by atoms with Crippen LogP contribution in [0.1, 0.15) is 19.4 Å². The molecular formula is C28H29N3O3S. The molecule has 0 unspecified atom stereocenters. The summed E-state index contributed by atoms with van der Waals surface area (Å²) in [5, 5.41) is 4.86. The fraction of sp³-hybridized carbons (Fsp3) is 0.143. The fourth-order valence-corrected chi connectivity index (χ4v) is 4.00. The zero-order chi connectivity index (χ0) is 25.2. The number of nitrogens with two attached hydrogens (primary N) is 1. The summed E-state index contributed by atoms with van der Waals surface area (Å²) in [7, 11) is 3.20. The van der Waals surface area contributed by atoms with Gasteiger partial charge in [0.25, 0.3) is 0 Å². The predicted octanol–water partition coefficient (Wildman–Crippen LogP) is 6.75. The highest BCUT2D eigenvalue weighted by molar-refractivity contribution is 7.13. The number of aromatic nitrogens is 1. The van der Waals surface area contributed by atoms with Crippen molar-refractivity contribution in [3.8, 4) is 33.2 Å². The summed E-state index contributed by atoms with van der Waals surface area (Å²) in [6.45, 7) is 4.00. The minimum Gasteiger partial charge on any atom is -0.493 e. The Hall–Kier alpha value is -4.10. The van der Waals surface area contributed by atoms with Crippen LogP contribution in [0.2, 0.25) is 0 Å². The molecule has 7 heteroatoms. The van der Waals surface area contributed by atoms with Gasteiger partial charge in [0, 0.05) is 22.7 Å². The number of rotatable bonds is 7. The van der Waals surface area contributed by atoms with Crippen molar-refractivity contribution in [2.24, 2.45) is 0 Å². The van der Waals surface area contributed by atoms with Crippen LogP contribution < -0.4 is 20.5 Å². The summed E-state index contributed by atoms with van der Waals surface area (Å²) in [6, 6.07) is 19.1. The number of amides is 1. The quantitative estimate of drug-likeness (QED) is 0.222. The normalized spacial score (nSPS) is 10.4. The SMILES string of the molecule is CC.COc1ccc(-c2ccc(/C=C/C(=O)Nc3cc(-c4cccs4)ccc3N)cn2)cc1OC. The highest BCUT2D eigenvalue weighted by atomic mass is 32.1. The number of nitrogens with one attached hydrogen (secondary N) is 1. The second-order valence-corrected chi connectivity index (χ2v) is 8.10. The molecule has 2 aromatic carbocycles. The Morgan fingerprint density at radius 3 is 2.40 bits per heavy atom. The van der Waals surface area contributed by atoms with Gasteiger partial charge in [-0.3, -0.25) is 9.78 Å². The average molecular weight is 488 g/mol. The van der Waals surface area contributed by atoms with Crippen molar-refractivity contribution in [2.45, 2.75) is 13.8 Å². The molecule has 0 radical (unpaired) electrons. The lowest BCUT2D eigenvalue weighted by Crippen LogP contribution is -2.09. The third-order valence-electron chi connectivity index (χ3n) is 5.01. The molecule has 1 amide bonds. The Labute approximate surface area is 210 Å². The zero-order valence-corrected chi connectivity index (χ0v) is 21.1. The molecule has 3 N–H and O–H groups in total. The van der Waals surface area contributed by atoms with E-state index in [1.54, 1.807) is 43.9 Å². The molecule has 0 aliphatic carbocycles. The maximum Gasteiger partial charge on any atom is 0.248 e. The van der Waals surface area contributed by atoms with E-state index in [2.05, 4.69) is 10.3 Å². The molecule has 0 bridgehead atoms. The third-order valence-corrected chi connectivity index (χ3v) is 5.93. The van der Waals surface area contributed by atoms with E-state index in [0.29, 0.717) is 22.9 Å². The second kappa shape index (κ2) is 12.4. The number of nitrogens with zero attached hydrogens (tertiary/aromatic N) is 1. The van der Waals surface area contributed by atoms with Crippen molar-refractivity contribution in [3.63, 3.8) is 0 Å². The molecule has 0 spiro atoms. The number of hydrogen-bond acceptors (Lipinski definition) is 6. The lowest BCUT2D eigenvalue weighted by Gasteiger charge is -2.09. The van der Waals surface area contributed by atoms with Gasteiger partial charge in [0.1, 0.15) is 0 Å². The minimum atomic E-state index is -0.269. The molecule has 0 atom stereocenters. The van der Waals surface area contributed by atoms with Crippen molar-refractivity contribution in [1.29, 1.82) is 0 Å². The van der Waals surface area contributed by atoms with Crippen molar-refractivity contribution in [1.82, 2.24) is 4.98 Å². The maximum atomic E-state index is 12.5. The monoisotopic (exact) mass is 487 g/mol. The van der Waals surface area contributed by atoms with Gasteiger partial charge in [0.05, 0.1) is 31.3 Å². The van der Waals surface area contributed by atoms with Gasteiger partial charge in [0.2, 0.25) is 5.91 Å². The number of nitrogen functional groups attached to an aromatic ring is 1. The number of hydrogen-bond donors (Lipinski definition) is 2. The van der Waals surface area contributed by atoms with E-state index in [1.807, 2.05) is 73.8 Å². The van der Waals surface area contributed by atoms with Crippen molar-refractivity contribution in [2.75, 3.05) is 25.3 Å². The highest BCUT2D eigenvalue weighted by Gasteiger charge is 2.08. The molecule has 0 saturated heterocycles. The zero-order valence-electron chi connectivity index (χ0n) is 20.2. The lowest BCUT2D eigenvalue weighted by molar-refractivity contribution is -0.111. The van der Waals surface area contributed by atoms with Crippen LogP contribution in [0.3, 0.4) is 0 Å². The topological polar surface area (TPSA) is 86.5 Å². The van der Waals surface area contributed by atoms with Gasteiger partial charge >= 0.3 is 0 Å². The largest absolute Gasteiger partial charge is 0.493 e. The Morgan fingerprint density at radius 1 is 0.971 bits per heavy atom. The van der Waals surface area contributed by atoms with Gasteiger partial charge < -0.3 is 20.5 Å². The molecule has 0 saturated carbocycles. The van der Waals surface area contributed by atoms with Gasteiger partial charge in [-0.1, -0.05) is 32.0 Å². The number of carbonyl (C=O) groups excluding carboxylic acids is 1. The minimum absolute atomic E-state index is 0.269. The first-order valence-electron chi connectivity index (χ1n) is 11.2. The number of benzene rings is 2. The van der Waals surface area contributed by atoms with Crippen molar-refractivity contribution < 1.29 is 14.3 Å². The van der Waals surface area contributed by atoms with Crippen LogP contribution >= 0.6 is 11.3 Å². The van der Waals surface area contributed by atoms with Crippen LogP contribution in [0.5, 0.6) is 11.5 Å². The molecule has 6 nitrogen and oxygen atoms in total. The number of thiophene rings is 1. The average Bonchev–Trinajstić information content (AvgIpc) is 3.45. The highest BCUT2D eigenvalue weighted by Crippen LogP contribution is 2.32. The number of methoxy groups -OCH3 is 2. The van der Waals surface area contributed by atoms with E-state index in [-0.39, 0.29) is 5.91 Å². The summed E-state index contributed by atoms with van der Waals surface area (Å²) in [6.07, 6.45) is 4.88. The maximum absolute atomic E-state index is 12.5. The van der Waals surface area contributed by atoms with E-state index in [9.17, 15) is 4.79 Å². The van der Waals surface area contributed by atoms with Gasteiger partial charge in [-0.2, -0.15) is 0 Å². The molecule has 0 fully saturated rings. The first-order valence-corrected chi connectivity index (χ1v) is 12.1. The lowest BCUT2D eigenvalue weighted by atomic mass is 10.1. The fourth-order valence-electron chi connectivity index (χ4n) is 3.28. The van der Waals surface area contributed by atoms with Gasteiger partial charge in [-0.15, -0.1) is 11.3 Å².